The lowest BCUT2D eigenvalue weighted by molar-refractivity contribution is -0.115. The quantitative estimate of drug-likeness (QED) is 0.726. The van der Waals surface area contributed by atoms with Crippen LogP contribution in [-0.2, 0) is 4.79 Å². The molecule has 13 heavy (non-hydrogen) atoms. The van der Waals surface area contributed by atoms with E-state index in [9.17, 15) is 4.79 Å². The standard InChI is InChI=1S/C9H8ClNOS/c10-5-8-9(12)11-6-3-1-2-4-7(6)13-8/h1-4,8H,5H2,(H,11,12). The van der Waals surface area contributed by atoms with Crippen molar-refractivity contribution in [2.45, 2.75) is 10.1 Å². The first kappa shape index (κ1) is 8.91. The Morgan fingerprint density at radius 1 is 1.46 bits per heavy atom. The highest BCUT2D eigenvalue weighted by atomic mass is 35.5. The number of carbonyl (C=O) groups excluding carboxylic acids is 1. The minimum absolute atomic E-state index is 0.00120. The van der Waals surface area contributed by atoms with Crippen LogP contribution in [0.25, 0.3) is 0 Å². The van der Waals surface area contributed by atoms with Crippen LogP contribution >= 0.6 is 23.4 Å². The van der Waals surface area contributed by atoms with Gasteiger partial charge in [-0.15, -0.1) is 23.4 Å². The van der Waals surface area contributed by atoms with E-state index < -0.39 is 0 Å². The van der Waals surface area contributed by atoms with Crippen molar-refractivity contribution >= 4 is 35.0 Å². The van der Waals surface area contributed by atoms with Crippen molar-refractivity contribution < 1.29 is 4.79 Å². The molecule has 1 aliphatic heterocycles. The van der Waals surface area contributed by atoms with E-state index in [1.165, 1.54) is 11.8 Å². The van der Waals surface area contributed by atoms with E-state index in [2.05, 4.69) is 5.32 Å². The molecule has 0 saturated heterocycles. The zero-order valence-electron chi connectivity index (χ0n) is 6.79. The van der Waals surface area contributed by atoms with Gasteiger partial charge in [0.15, 0.2) is 0 Å². The number of anilines is 1. The summed E-state index contributed by atoms with van der Waals surface area (Å²) >= 11 is 7.18. The number of alkyl halides is 1. The zero-order valence-corrected chi connectivity index (χ0v) is 8.36. The summed E-state index contributed by atoms with van der Waals surface area (Å²) in [5.74, 6) is 0.351. The predicted octanol–water partition coefficient (Wildman–Crippen LogP) is 2.34. The molecule has 2 nitrogen and oxygen atoms in total. The van der Waals surface area contributed by atoms with Gasteiger partial charge in [-0.2, -0.15) is 0 Å². The van der Waals surface area contributed by atoms with E-state index in [4.69, 9.17) is 11.6 Å². The van der Waals surface area contributed by atoms with E-state index in [1.807, 2.05) is 24.3 Å². The lowest BCUT2D eigenvalue weighted by atomic mass is 10.3. The van der Waals surface area contributed by atoms with Crippen molar-refractivity contribution in [2.75, 3.05) is 11.2 Å². The summed E-state index contributed by atoms with van der Waals surface area (Å²) in [6.07, 6.45) is 0. The molecule has 0 aliphatic carbocycles. The first-order valence-electron chi connectivity index (χ1n) is 3.94. The Bertz CT molecular complexity index is 342. The summed E-state index contributed by atoms with van der Waals surface area (Å²) in [5.41, 5.74) is 0.888. The molecule has 1 aliphatic rings. The van der Waals surface area contributed by atoms with Crippen LogP contribution in [0.5, 0.6) is 0 Å². The van der Waals surface area contributed by atoms with Crippen LogP contribution in [0.15, 0.2) is 29.2 Å². The number of hydrogen-bond acceptors (Lipinski definition) is 2. The van der Waals surface area contributed by atoms with Gasteiger partial charge in [-0.3, -0.25) is 4.79 Å². The predicted molar refractivity (Wildman–Crippen MR) is 55.4 cm³/mol. The molecule has 1 atom stereocenters. The molecule has 0 fully saturated rings. The normalized spacial score (nSPS) is 20.7. The molecule has 1 aromatic carbocycles. The second-order valence-corrected chi connectivity index (χ2v) is 4.30. The summed E-state index contributed by atoms with van der Waals surface area (Å²) in [6, 6.07) is 7.74. The maximum atomic E-state index is 11.4. The molecule has 0 aromatic heterocycles. The smallest absolute Gasteiger partial charge is 0.239 e. The monoisotopic (exact) mass is 213 g/mol. The summed E-state index contributed by atoms with van der Waals surface area (Å²) in [7, 11) is 0. The van der Waals surface area contributed by atoms with Crippen molar-refractivity contribution in [3.05, 3.63) is 24.3 Å². The van der Waals surface area contributed by atoms with Crippen molar-refractivity contribution in [3.8, 4) is 0 Å². The molecule has 4 heteroatoms. The SMILES string of the molecule is O=C1Nc2ccccc2SC1CCl. The van der Waals surface area contributed by atoms with Crippen LogP contribution in [0.1, 0.15) is 0 Å². The number of rotatable bonds is 1. The Balaban J connectivity index is 2.33. The Morgan fingerprint density at radius 3 is 3.00 bits per heavy atom. The molecule has 1 amide bonds. The van der Waals surface area contributed by atoms with E-state index >= 15 is 0 Å². The Morgan fingerprint density at radius 2 is 2.23 bits per heavy atom. The fourth-order valence-electron chi connectivity index (χ4n) is 1.19. The number of nitrogens with one attached hydrogen (secondary N) is 1. The number of halogens is 1. The summed E-state index contributed by atoms with van der Waals surface area (Å²) in [5, 5.41) is 2.66. The summed E-state index contributed by atoms with van der Waals surface area (Å²) < 4.78 is 0. The lowest BCUT2D eigenvalue weighted by Crippen LogP contribution is -2.30. The van der Waals surface area contributed by atoms with Crippen LogP contribution in [0.3, 0.4) is 0 Å². The molecule has 1 unspecified atom stereocenters. The molecule has 2 rings (SSSR count). The van der Waals surface area contributed by atoms with Gasteiger partial charge in [-0.05, 0) is 12.1 Å². The van der Waals surface area contributed by atoms with Crippen LogP contribution in [-0.4, -0.2) is 17.0 Å². The van der Waals surface area contributed by atoms with Gasteiger partial charge >= 0.3 is 0 Å². The highest BCUT2D eigenvalue weighted by Gasteiger charge is 2.25. The maximum Gasteiger partial charge on any atom is 0.239 e. The molecular formula is C9H8ClNOS. The number of thioether (sulfide) groups is 1. The van der Waals surface area contributed by atoms with Crippen molar-refractivity contribution in [1.29, 1.82) is 0 Å². The van der Waals surface area contributed by atoms with Gasteiger partial charge in [-0.1, -0.05) is 12.1 Å². The number of hydrogen-bond donors (Lipinski definition) is 1. The van der Waals surface area contributed by atoms with Crippen LogP contribution < -0.4 is 5.32 Å². The van der Waals surface area contributed by atoms with Gasteiger partial charge < -0.3 is 5.32 Å². The van der Waals surface area contributed by atoms with Crippen LogP contribution in [0, 0.1) is 0 Å². The number of carbonyl (C=O) groups is 1. The van der Waals surface area contributed by atoms with E-state index in [0.29, 0.717) is 5.88 Å². The third-order valence-corrected chi connectivity index (χ3v) is 3.61. The average molecular weight is 214 g/mol. The second kappa shape index (κ2) is 3.60. The van der Waals surface area contributed by atoms with E-state index in [-0.39, 0.29) is 11.2 Å². The third kappa shape index (κ3) is 1.67. The molecular weight excluding hydrogens is 206 g/mol. The third-order valence-electron chi connectivity index (χ3n) is 1.85. The fourth-order valence-corrected chi connectivity index (χ4v) is 2.46. The van der Waals surface area contributed by atoms with Gasteiger partial charge in [0.2, 0.25) is 5.91 Å². The molecule has 1 N–H and O–H groups in total. The maximum absolute atomic E-state index is 11.4. The van der Waals surface area contributed by atoms with Gasteiger partial charge in [0.25, 0.3) is 0 Å². The molecule has 1 aromatic rings. The number of benzene rings is 1. The fraction of sp³-hybridized carbons (Fsp3) is 0.222. The van der Waals surface area contributed by atoms with Crippen molar-refractivity contribution in [1.82, 2.24) is 0 Å². The Labute approximate surface area is 85.7 Å². The lowest BCUT2D eigenvalue weighted by Gasteiger charge is -2.21. The minimum atomic E-state index is -0.156. The summed E-state index contributed by atoms with van der Waals surface area (Å²) in [4.78, 5) is 12.5. The first-order valence-corrected chi connectivity index (χ1v) is 5.35. The number of fused-ring (bicyclic) bond motifs is 1. The van der Waals surface area contributed by atoms with Crippen molar-refractivity contribution in [2.24, 2.45) is 0 Å². The molecule has 0 spiro atoms. The van der Waals surface area contributed by atoms with Gasteiger partial charge in [0.05, 0.1) is 5.69 Å². The van der Waals surface area contributed by atoms with Gasteiger partial charge in [-0.25, -0.2) is 0 Å². The molecule has 0 saturated carbocycles. The van der Waals surface area contributed by atoms with Gasteiger partial charge in [0, 0.05) is 10.8 Å². The van der Waals surface area contributed by atoms with Crippen LogP contribution in [0.2, 0.25) is 0 Å². The molecule has 68 valence electrons. The second-order valence-electron chi connectivity index (χ2n) is 2.75. The first-order chi connectivity index (χ1) is 6.31. The van der Waals surface area contributed by atoms with Gasteiger partial charge in [0.1, 0.15) is 5.25 Å². The largest absolute Gasteiger partial charge is 0.324 e. The molecule has 0 bridgehead atoms. The van der Waals surface area contributed by atoms with Crippen molar-refractivity contribution in [3.63, 3.8) is 0 Å². The number of para-hydroxylation sites is 1. The topological polar surface area (TPSA) is 29.1 Å². The highest BCUT2D eigenvalue weighted by Crippen LogP contribution is 2.35. The van der Waals surface area contributed by atoms with E-state index in [0.717, 1.165) is 10.6 Å². The van der Waals surface area contributed by atoms with E-state index in [1.54, 1.807) is 0 Å². The molecule has 1 heterocycles. The number of amides is 1. The zero-order chi connectivity index (χ0) is 9.26. The Hall–Kier alpha value is -0.670. The highest BCUT2D eigenvalue weighted by molar-refractivity contribution is 8.01. The minimum Gasteiger partial charge on any atom is -0.324 e. The molecule has 0 radical (unpaired) electrons. The average Bonchev–Trinajstić information content (AvgIpc) is 2.17. The summed E-state index contributed by atoms with van der Waals surface area (Å²) in [6.45, 7) is 0. The Kier molecular flexibility index (Phi) is 2.47. The van der Waals surface area contributed by atoms with Crippen LogP contribution in [0.4, 0.5) is 5.69 Å².